The molecule has 0 atom stereocenters. The number of carbonyl (C=O) groups excluding carboxylic acids is 1. The van der Waals surface area contributed by atoms with Gasteiger partial charge in [-0.3, -0.25) is 0 Å². The molecule has 0 unspecified atom stereocenters. The molecule has 1 aliphatic heterocycles. The van der Waals surface area contributed by atoms with Crippen molar-refractivity contribution in [3.8, 4) is 5.75 Å². The molecule has 26 heavy (non-hydrogen) atoms. The third kappa shape index (κ3) is 4.36. The molecule has 0 spiro atoms. The highest BCUT2D eigenvalue weighted by Crippen LogP contribution is 2.21. The van der Waals surface area contributed by atoms with Gasteiger partial charge in [-0.15, -0.1) is 0 Å². The van der Waals surface area contributed by atoms with E-state index in [-0.39, 0.29) is 17.2 Å². The number of nitrogens with zero attached hydrogens (tertiary/aromatic N) is 1. The van der Waals surface area contributed by atoms with Crippen molar-refractivity contribution < 1.29 is 18.7 Å². The van der Waals surface area contributed by atoms with Crippen molar-refractivity contribution in [2.45, 2.75) is 26.2 Å². The maximum Gasteiger partial charge on any atom is 0.363 e. The molecule has 0 aliphatic carbocycles. The Hall–Kier alpha value is -2.95. The van der Waals surface area contributed by atoms with Crippen LogP contribution >= 0.6 is 0 Å². The van der Waals surface area contributed by atoms with Crippen molar-refractivity contribution >= 4 is 17.9 Å². The van der Waals surface area contributed by atoms with Gasteiger partial charge in [-0.2, -0.15) is 0 Å². The molecule has 0 amide bonds. The molecule has 0 saturated carbocycles. The minimum Gasteiger partial charge on any atom is -0.494 e. The zero-order valence-corrected chi connectivity index (χ0v) is 14.6. The van der Waals surface area contributed by atoms with Crippen LogP contribution in [0.2, 0.25) is 0 Å². The molecule has 0 bridgehead atoms. The Morgan fingerprint density at radius 2 is 1.88 bits per heavy atom. The van der Waals surface area contributed by atoms with E-state index in [9.17, 15) is 9.18 Å². The van der Waals surface area contributed by atoms with Crippen molar-refractivity contribution in [1.29, 1.82) is 0 Å². The van der Waals surface area contributed by atoms with Gasteiger partial charge < -0.3 is 9.47 Å². The van der Waals surface area contributed by atoms with E-state index in [1.165, 1.54) is 12.1 Å². The average molecular weight is 353 g/mol. The summed E-state index contributed by atoms with van der Waals surface area (Å²) in [4.78, 5) is 16.1. The summed E-state index contributed by atoms with van der Waals surface area (Å²) in [5.41, 5.74) is 1.09. The van der Waals surface area contributed by atoms with E-state index < -0.39 is 11.8 Å². The minimum absolute atomic E-state index is 0.0183. The molecule has 1 heterocycles. The molecular formula is C21H20FNO3. The molecule has 4 nitrogen and oxygen atoms in total. The average Bonchev–Trinajstić information content (AvgIpc) is 3.01. The van der Waals surface area contributed by atoms with Crippen molar-refractivity contribution in [1.82, 2.24) is 0 Å². The lowest BCUT2D eigenvalue weighted by Crippen LogP contribution is -2.07. The first-order chi connectivity index (χ1) is 12.7. The van der Waals surface area contributed by atoms with Gasteiger partial charge in [0.25, 0.3) is 0 Å². The number of unbranched alkanes of at least 4 members (excludes halogenated alkanes) is 2. The molecule has 3 rings (SSSR count). The van der Waals surface area contributed by atoms with Crippen molar-refractivity contribution in [3.63, 3.8) is 0 Å². The number of hydrogen-bond donors (Lipinski definition) is 0. The van der Waals surface area contributed by atoms with E-state index in [0.717, 1.165) is 30.6 Å². The molecule has 2 aromatic rings. The number of carbonyl (C=O) groups is 1. The molecule has 0 fully saturated rings. The van der Waals surface area contributed by atoms with Crippen LogP contribution in [0.5, 0.6) is 5.75 Å². The second-order valence-electron chi connectivity index (χ2n) is 5.94. The highest BCUT2D eigenvalue weighted by atomic mass is 19.1. The van der Waals surface area contributed by atoms with E-state index in [0.29, 0.717) is 6.61 Å². The fraction of sp³-hybridized carbons (Fsp3) is 0.238. The summed E-state index contributed by atoms with van der Waals surface area (Å²) in [5, 5.41) is 0. The lowest BCUT2D eigenvalue weighted by Gasteiger charge is -2.05. The third-order valence-corrected chi connectivity index (χ3v) is 3.92. The topological polar surface area (TPSA) is 47.9 Å². The van der Waals surface area contributed by atoms with Crippen LogP contribution in [0.15, 0.2) is 59.2 Å². The van der Waals surface area contributed by atoms with E-state index in [1.54, 1.807) is 18.2 Å². The first kappa shape index (κ1) is 17.9. The molecule has 134 valence electrons. The number of hydrogen-bond acceptors (Lipinski definition) is 4. The zero-order valence-electron chi connectivity index (χ0n) is 14.6. The van der Waals surface area contributed by atoms with Crippen molar-refractivity contribution in [2.75, 3.05) is 6.61 Å². The summed E-state index contributed by atoms with van der Waals surface area (Å²) in [7, 11) is 0. The Kier molecular flexibility index (Phi) is 5.79. The predicted molar refractivity (Wildman–Crippen MR) is 98.5 cm³/mol. The Morgan fingerprint density at radius 1 is 1.12 bits per heavy atom. The van der Waals surface area contributed by atoms with Gasteiger partial charge in [0.15, 0.2) is 5.70 Å². The molecule has 2 aromatic carbocycles. The first-order valence-electron chi connectivity index (χ1n) is 8.67. The SMILES string of the molecule is CCCCCOc1ccc(/C=C2\N=C(c3ccccc3F)OC2=O)cc1. The van der Waals surface area contributed by atoms with E-state index in [4.69, 9.17) is 9.47 Å². The Morgan fingerprint density at radius 3 is 2.62 bits per heavy atom. The second-order valence-corrected chi connectivity index (χ2v) is 5.94. The van der Waals surface area contributed by atoms with Crippen molar-refractivity contribution in [2.24, 2.45) is 4.99 Å². The maximum absolute atomic E-state index is 13.8. The number of benzene rings is 2. The van der Waals surface area contributed by atoms with Crippen LogP contribution in [0.3, 0.4) is 0 Å². The van der Waals surface area contributed by atoms with Gasteiger partial charge in [0.1, 0.15) is 11.6 Å². The first-order valence-corrected chi connectivity index (χ1v) is 8.67. The van der Waals surface area contributed by atoms with Crippen LogP contribution in [0, 0.1) is 5.82 Å². The number of aliphatic imine (C=N–C) groups is 1. The van der Waals surface area contributed by atoms with Crippen LogP contribution in [0.25, 0.3) is 6.08 Å². The molecule has 1 aliphatic rings. The second kappa shape index (κ2) is 8.43. The minimum atomic E-state index is -0.594. The van der Waals surface area contributed by atoms with E-state index >= 15 is 0 Å². The molecule has 0 radical (unpaired) electrons. The maximum atomic E-state index is 13.8. The molecule has 5 heteroatoms. The number of rotatable bonds is 7. The number of esters is 1. The summed E-state index contributed by atoms with van der Waals surface area (Å²) in [5.74, 6) is -0.309. The highest BCUT2D eigenvalue weighted by Gasteiger charge is 2.25. The Bertz CT molecular complexity index is 841. The summed E-state index contributed by atoms with van der Waals surface area (Å²) in [6, 6.07) is 13.4. The van der Waals surface area contributed by atoms with Crippen LogP contribution in [-0.4, -0.2) is 18.5 Å². The van der Waals surface area contributed by atoms with E-state index in [2.05, 4.69) is 11.9 Å². The highest BCUT2D eigenvalue weighted by molar-refractivity contribution is 6.12. The molecular weight excluding hydrogens is 333 g/mol. The number of cyclic esters (lactones) is 1. The van der Waals surface area contributed by atoms with Gasteiger partial charge in [-0.25, -0.2) is 14.2 Å². The number of ether oxygens (including phenoxy) is 2. The Labute approximate surface area is 152 Å². The van der Waals surface area contributed by atoms with Gasteiger partial charge >= 0.3 is 5.97 Å². The van der Waals surface area contributed by atoms with Crippen LogP contribution < -0.4 is 4.74 Å². The Balaban J connectivity index is 1.71. The van der Waals surface area contributed by atoms with Gasteiger partial charge in [0.05, 0.1) is 12.2 Å². The fourth-order valence-electron chi connectivity index (χ4n) is 2.52. The summed E-state index contributed by atoms with van der Waals surface area (Å²) in [6.45, 7) is 2.84. The van der Waals surface area contributed by atoms with Crippen LogP contribution in [-0.2, 0) is 9.53 Å². The lowest BCUT2D eigenvalue weighted by molar-refractivity contribution is -0.129. The van der Waals surface area contributed by atoms with Crippen molar-refractivity contribution in [3.05, 3.63) is 71.2 Å². The zero-order chi connectivity index (χ0) is 18.4. The normalized spacial score (nSPS) is 15.1. The largest absolute Gasteiger partial charge is 0.494 e. The molecule has 0 aromatic heterocycles. The van der Waals surface area contributed by atoms with Crippen LogP contribution in [0.4, 0.5) is 4.39 Å². The van der Waals surface area contributed by atoms with Gasteiger partial charge in [0, 0.05) is 0 Å². The van der Waals surface area contributed by atoms with Crippen LogP contribution in [0.1, 0.15) is 37.3 Å². The van der Waals surface area contributed by atoms with Gasteiger partial charge in [-0.05, 0) is 42.3 Å². The summed E-state index contributed by atoms with van der Waals surface area (Å²) >= 11 is 0. The quantitative estimate of drug-likeness (QED) is 0.410. The predicted octanol–water partition coefficient (Wildman–Crippen LogP) is 4.74. The monoisotopic (exact) mass is 353 g/mol. The lowest BCUT2D eigenvalue weighted by atomic mass is 10.2. The summed E-state index contributed by atoms with van der Waals surface area (Å²) in [6.07, 6.45) is 4.94. The fourth-order valence-corrected chi connectivity index (χ4v) is 2.52. The summed E-state index contributed by atoms with van der Waals surface area (Å²) < 4.78 is 24.6. The molecule has 0 N–H and O–H groups in total. The third-order valence-electron chi connectivity index (χ3n) is 3.92. The van der Waals surface area contributed by atoms with E-state index in [1.807, 2.05) is 24.3 Å². The smallest absolute Gasteiger partial charge is 0.363 e. The van der Waals surface area contributed by atoms with Gasteiger partial charge in [-0.1, -0.05) is 44.0 Å². The standard InChI is InChI=1S/C21H20FNO3/c1-2-3-6-13-25-16-11-9-15(10-12-16)14-19-21(24)26-20(23-19)17-7-4-5-8-18(17)22/h4-5,7-12,14H,2-3,6,13H2,1H3/b19-14-. The molecule has 0 saturated heterocycles. The number of halogens is 1. The van der Waals surface area contributed by atoms with Gasteiger partial charge in [0.2, 0.25) is 5.90 Å².